The molecule has 34 heavy (non-hydrogen) atoms. The van der Waals surface area contributed by atoms with Gasteiger partial charge in [-0.2, -0.15) is 4.31 Å². The quantitative estimate of drug-likeness (QED) is 0.623. The van der Waals surface area contributed by atoms with Crippen LogP contribution in [0.3, 0.4) is 0 Å². The molecule has 5 fully saturated rings. The van der Waals surface area contributed by atoms with E-state index in [1.54, 1.807) is 30.5 Å². The minimum absolute atomic E-state index is 0.157. The maximum Gasteiger partial charge on any atom is 0.259 e. The molecule has 0 N–H and O–H groups in total. The van der Waals surface area contributed by atoms with Crippen LogP contribution >= 0.6 is 11.3 Å². The van der Waals surface area contributed by atoms with Gasteiger partial charge in [-0.05, 0) is 80.5 Å². The van der Waals surface area contributed by atoms with Crippen LogP contribution in [0.2, 0.25) is 0 Å². The summed E-state index contributed by atoms with van der Waals surface area (Å²) in [4.78, 5) is 14.9. The molecule has 1 saturated heterocycles. The first-order valence-electron chi connectivity index (χ1n) is 12.1. The van der Waals surface area contributed by atoms with Gasteiger partial charge in [0.25, 0.3) is 5.91 Å². The number of carbonyl (C=O) groups excluding carboxylic acids is 1. The van der Waals surface area contributed by atoms with Crippen LogP contribution in [0.5, 0.6) is 0 Å². The zero-order valence-corrected chi connectivity index (χ0v) is 21.0. The van der Waals surface area contributed by atoms with Gasteiger partial charge in [-0.3, -0.25) is 9.69 Å². The second-order valence-electron chi connectivity index (χ2n) is 10.5. The first kappa shape index (κ1) is 22.6. The zero-order chi connectivity index (χ0) is 23.5. The van der Waals surface area contributed by atoms with Gasteiger partial charge in [-0.15, -0.1) is 10.2 Å². The minimum atomic E-state index is -3.59. The number of benzene rings is 1. The molecule has 1 aromatic carbocycles. The summed E-state index contributed by atoms with van der Waals surface area (Å²) in [6.45, 7) is 1.48. The number of rotatable bonds is 5. The third-order valence-electron chi connectivity index (χ3n) is 8.21. The molecule has 4 bridgehead atoms. The van der Waals surface area contributed by atoms with Gasteiger partial charge in [-0.25, -0.2) is 8.42 Å². The molecule has 182 valence electrons. The fourth-order valence-corrected chi connectivity index (χ4v) is 9.35. The van der Waals surface area contributed by atoms with E-state index in [-0.39, 0.29) is 16.2 Å². The van der Waals surface area contributed by atoms with Gasteiger partial charge >= 0.3 is 0 Å². The number of sulfonamides is 1. The Balaban J connectivity index is 1.18. The fraction of sp³-hybridized carbons (Fsp3) is 0.625. The van der Waals surface area contributed by atoms with Crippen molar-refractivity contribution in [1.29, 1.82) is 0 Å². The molecule has 5 aliphatic rings. The number of ether oxygens (including phenoxy) is 1. The van der Waals surface area contributed by atoms with Crippen molar-refractivity contribution in [3.63, 3.8) is 0 Å². The first-order valence-corrected chi connectivity index (χ1v) is 14.4. The van der Waals surface area contributed by atoms with Crippen LogP contribution < -0.4 is 4.90 Å². The zero-order valence-electron chi connectivity index (χ0n) is 19.4. The minimum Gasteiger partial charge on any atom is -0.379 e. The van der Waals surface area contributed by atoms with Crippen LogP contribution in [0, 0.1) is 17.8 Å². The average molecular weight is 503 g/mol. The van der Waals surface area contributed by atoms with Gasteiger partial charge in [0.1, 0.15) is 5.01 Å². The normalized spacial score (nSPS) is 31.0. The Morgan fingerprint density at radius 3 is 2.21 bits per heavy atom. The van der Waals surface area contributed by atoms with E-state index in [1.807, 2.05) is 0 Å². The van der Waals surface area contributed by atoms with Crippen molar-refractivity contribution in [3.8, 4) is 0 Å². The van der Waals surface area contributed by atoms with Gasteiger partial charge in [0.15, 0.2) is 0 Å². The van der Waals surface area contributed by atoms with Crippen LogP contribution in [0.25, 0.3) is 0 Å². The molecule has 7 rings (SSSR count). The number of morpholine rings is 1. The molecule has 1 aliphatic heterocycles. The molecule has 4 saturated carbocycles. The maximum absolute atomic E-state index is 13.2. The monoisotopic (exact) mass is 502 g/mol. The number of aromatic nitrogens is 2. The Kier molecular flexibility index (Phi) is 5.55. The molecule has 0 unspecified atom stereocenters. The predicted molar refractivity (Wildman–Crippen MR) is 129 cm³/mol. The number of nitrogens with zero attached hydrogens (tertiary/aromatic N) is 4. The predicted octanol–water partition coefficient (Wildman–Crippen LogP) is 3.30. The second-order valence-corrected chi connectivity index (χ2v) is 13.4. The van der Waals surface area contributed by atoms with Gasteiger partial charge in [0.05, 0.1) is 18.1 Å². The van der Waals surface area contributed by atoms with Crippen molar-refractivity contribution in [3.05, 3.63) is 34.8 Å². The fourth-order valence-electron chi connectivity index (χ4n) is 6.92. The maximum atomic E-state index is 13.2. The van der Waals surface area contributed by atoms with Crippen molar-refractivity contribution >= 4 is 32.4 Å². The summed E-state index contributed by atoms with van der Waals surface area (Å²) < 4.78 is 32.4. The standard InChI is InChI=1S/C24H30N4O4S2/c1-27(21(29)19-2-4-20(5-3-19)34(30,31)28-6-8-32-9-7-28)23-26-25-22(33-23)24-13-16-10-17(14-24)12-18(11-16)15-24/h2-5,16-18H,6-15H2,1H3. The van der Waals surface area contributed by atoms with Crippen LogP contribution in [0.15, 0.2) is 29.2 Å². The van der Waals surface area contributed by atoms with Gasteiger partial charge in [0, 0.05) is 31.1 Å². The second kappa shape index (κ2) is 8.36. The average Bonchev–Trinajstić information content (AvgIpc) is 3.34. The molecular weight excluding hydrogens is 472 g/mol. The highest BCUT2D eigenvalue weighted by Crippen LogP contribution is 2.61. The molecule has 2 heterocycles. The van der Waals surface area contributed by atoms with E-state index in [2.05, 4.69) is 10.2 Å². The van der Waals surface area contributed by atoms with Crippen molar-refractivity contribution in [2.75, 3.05) is 38.3 Å². The lowest BCUT2D eigenvalue weighted by atomic mass is 9.50. The molecule has 2 aromatic rings. The summed E-state index contributed by atoms with van der Waals surface area (Å²) in [5.41, 5.74) is 0.583. The molecule has 4 aliphatic carbocycles. The van der Waals surface area contributed by atoms with Gasteiger partial charge < -0.3 is 4.74 Å². The lowest BCUT2D eigenvalue weighted by molar-refractivity contribution is -0.00555. The Morgan fingerprint density at radius 1 is 1.03 bits per heavy atom. The molecule has 1 aromatic heterocycles. The molecule has 0 spiro atoms. The highest BCUT2D eigenvalue weighted by Gasteiger charge is 2.53. The number of hydrogen-bond acceptors (Lipinski definition) is 7. The van der Waals surface area contributed by atoms with Crippen LogP contribution in [-0.2, 0) is 20.2 Å². The summed E-state index contributed by atoms with van der Waals surface area (Å²) in [5, 5.41) is 10.7. The van der Waals surface area contributed by atoms with Crippen LogP contribution in [0.4, 0.5) is 5.13 Å². The third-order valence-corrected chi connectivity index (χ3v) is 11.4. The smallest absolute Gasteiger partial charge is 0.259 e. The van der Waals surface area contributed by atoms with E-state index in [0.29, 0.717) is 37.0 Å². The van der Waals surface area contributed by atoms with Crippen LogP contribution in [-0.4, -0.2) is 62.2 Å². The van der Waals surface area contributed by atoms with Crippen molar-refractivity contribution in [2.24, 2.45) is 17.8 Å². The summed E-state index contributed by atoms with van der Waals surface area (Å²) in [6.07, 6.45) is 7.76. The Labute approximate surface area is 204 Å². The van der Waals surface area contributed by atoms with Gasteiger partial charge in [0.2, 0.25) is 15.2 Å². The molecule has 10 heteroatoms. The van der Waals surface area contributed by atoms with E-state index >= 15 is 0 Å². The highest BCUT2D eigenvalue weighted by molar-refractivity contribution is 7.89. The molecule has 0 radical (unpaired) electrons. The Bertz CT molecular complexity index is 1150. The molecule has 1 amide bonds. The first-order chi connectivity index (χ1) is 16.3. The largest absolute Gasteiger partial charge is 0.379 e. The third kappa shape index (κ3) is 3.79. The Hall–Kier alpha value is -1.88. The lowest BCUT2D eigenvalue weighted by Crippen LogP contribution is -2.48. The van der Waals surface area contributed by atoms with Crippen molar-refractivity contribution in [1.82, 2.24) is 14.5 Å². The SMILES string of the molecule is CN(C(=O)c1ccc(S(=O)(=O)N2CCOCC2)cc1)c1nnc(C23CC4CC(CC(C4)C2)C3)s1. The summed E-state index contributed by atoms with van der Waals surface area (Å²) in [7, 11) is -1.87. The van der Waals surface area contributed by atoms with E-state index in [1.165, 1.54) is 59.9 Å². The van der Waals surface area contributed by atoms with Crippen molar-refractivity contribution in [2.45, 2.75) is 48.8 Å². The van der Waals surface area contributed by atoms with Crippen molar-refractivity contribution < 1.29 is 17.9 Å². The summed E-state index contributed by atoms with van der Waals surface area (Å²) in [5.74, 6) is 2.25. The molecular formula is C24H30N4O4S2. The summed E-state index contributed by atoms with van der Waals surface area (Å²) >= 11 is 1.55. The Morgan fingerprint density at radius 2 is 1.62 bits per heavy atom. The van der Waals surface area contributed by atoms with E-state index < -0.39 is 10.0 Å². The van der Waals surface area contributed by atoms with E-state index in [9.17, 15) is 13.2 Å². The van der Waals surface area contributed by atoms with Crippen LogP contribution in [0.1, 0.15) is 53.9 Å². The lowest BCUT2D eigenvalue weighted by Gasteiger charge is -2.55. The number of carbonyl (C=O) groups is 1. The van der Waals surface area contributed by atoms with Gasteiger partial charge in [-0.1, -0.05) is 11.3 Å². The van der Waals surface area contributed by atoms with E-state index in [0.717, 1.165) is 22.8 Å². The number of anilines is 1. The topological polar surface area (TPSA) is 92.7 Å². The summed E-state index contributed by atoms with van der Waals surface area (Å²) in [6, 6.07) is 6.17. The molecule has 8 nitrogen and oxygen atoms in total. The molecule has 0 atom stereocenters. The van der Waals surface area contributed by atoms with E-state index in [4.69, 9.17) is 4.74 Å². The number of amides is 1. The highest BCUT2D eigenvalue weighted by atomic mass is 32.2. The number of hydrogen-bond donors (Lipinski definition) is 0.